The molecule has 2 aromatic carbocycles. The van der Waals surface area contributed by atoms with E-state index in [1.54, 1.807) is 0 Å². The van der Waals surface area contributed by atoms with Crippen LogP contribution in [0.5, 0.6) is 0 Å². The summed E-state index contributed by atoms with van der Waals surface area (Å²) in [6.45, 7) is 0.196. The van der Waals surface area contributed by atoms with Gasteiger partial charge in [-0.3, -0.25) is 10.1 Å². The summed E-state index contributed by atoms with van der Waals surface area (Å²) in [5, 5.41) is 3.48. The first-order valence-electron chi connectivity index (χ1n) is 11.4. The molecule has 1 amide bonds. The standard InChI is InChI=1S/C25H32N2O3S/c28-24(27(22-14-8-3-9-15-22)23-16-17-31(29,30)19-23)18-26-25(20-10-4-1-5-11-20)21-12-6-2-7-13-21/h1-2,4-7,10-13,22-23,25-26H,3,8-9,14-19H2/t23-/m1/s1. The largest absolute Gasteiger partial charge is 0.335 e. The Morgan fingerprint density at radius 3 is 1.97 bits per heavy atom. The summed E-state index contributed by atoms with van der Waals surface area (Å²) in [6, 6.07) is 20.2. The molecule has 2 aliphatic rings. The van der Waals surface area contributed by atoms with Gasteiger partial charge in [-0.05, 0) is 30.4 Å². The number of carbonyl (C=O) groups is 1. The first-order chi connectivity index (χ1) is 15.0. The molecular formula is C25H32N2O3S. The van der Waals surface area contributed by atoms with E-state index >= 15 is 0 Å². The smallest absolute Gasteiger partial charge is 0.237 e. The molecule has 0 bridgehead atoms. The number of benzene rings is 2. The third-order valence-corrected chi connectivity index (χ3v) is 8.33. The molecule has 4 rings (SSSR count). The van der Waals surface area contributed by atoms with Gasteiger partial charge in [0.1, 0.15) is 0 Å². The summed E-state index contributed by atoms with van der Waals surface area (Å²) in [6.07, 6.45) is 5.93. The molecule has 2 aromatic rings. The molecule has 6 heteroatoms. The number of sulfone groups is 1. The third-order valence-electron chi connectivity index (χ3n) is 6.58. The van der Waals surface area contributed by atoms with Crippen molar-refractivity contribution in [2.75, 3.05) is 18.1 Å². The van der Waals surface area contributed by atoms with Crippen molar-refractivity contribution in [1.82, 2.24) is 10.2 Å². The molecule has 1 aliphatic heterocycles. The van der Waals surface area contributed by atoms with Gasteiger partial charge in [0, 0.05) is 12.1 Å². The first kappa shape index (κ1) is 22.0. The molecule has 1 N–H and O–H groups in total. The topological polar surface area (TPSA) is 66.5 Å². The fourth-order valence-corrected chi connectivity index (χ4v) is 6.77. The maximum absolute atomic E-state index is 13.5. The number of carbonyl (C=O) groups excluding carboxylic acids is 1. The van der Waals surface area contributed by atoms with Crippen molar-refractivity contribution in [2.24, 2.45) is 0 Å². The highest BCUT2D eigenvalue weighted by Crippen LogP contribution is 2.29. The monoisotopic (exact) mass is 440 g/mol. The van der Waals surface area contributed by atoms with Crippen LogP contribution < -0.4 is 5.32 Å². The highest BCUT2D eigenvalue weighted by atomic mass is 32.2. The third kappa shape index (κ3) is 5.55. The SMILES string of the molecule is O=C(CNC(c1ccccc1)c1ccccc1)N(C1CCCCC1)[C@@H]1CCS(=O)(=O)C1. The van der Waals surface area contributed by atoms with Gasteiger partial charge in [0.05, 0.1) is 24.1 Å². The molecule has 166 valence electrons. The summed E-state index contributed by atoms with van der Waals surface area (Å²) in [5.74, 6) is 0.319. The van der Waals surface area contributed by atoms with Crippen LogP contribution in [-0.2, 0) is 14.6 Å². The van der Waals surface area contributed by atoms with E-state index < -0.39 is 9.84 Å². The van der Waals surface area contributed by atoms with Crippen molar-refractivity contribution in [1.29, 1.82) is 0 Å². The van der Waals surface area contributed by atoms with Crippen LogP contribution in [0.4, 0.5) is 0 Å². The van der Waals surface area contributed by atoms with Gasteiger partial charge in [-0.2, -0.15) is 0 Å². The second kappa shape index (κ2) is 9.96. The number of rotatable bonds is 7. The summed E-state index contributed by atoms with van der Waals surface area (Å²) in [5.41, 5.74) is 2.21. The lowest BCUT2D eigenvalue weighted by Crippen LogP contribution is -2.51. The molecule has 2 fully saturated rings. The van der Waals surface area contributed by atoms with E-state index in [2.05, 4.69) is 29.6 Å². The molecule has 31 heavy (non-hydrogen) atoms. The van der Waals surface area contributed by atoms with E-state index in [9.17, 15) is 13.2 Å². The molecule has 0 radical (unpaired) electrons. The lowest BCUT2D eigenvalue weighted by molar-refractivity contribution is -0.135. The Bertz CT molecular complexity index is 917. The Morgan fingerprint density at radius 2 is 1.45 bits per heavy atom. The number of nitrogens with zero attached hydrogens (tertiary/aromatic N) is 1. The van der Waals surface area contributed by atoms with Crippen molar-refractivity contribution in [3.8, 4) is 0 Å². The van der Waals surface area contributed by atoms with Gasteiger partial charge in [0.2, 0.25) is 5.91 Å². The van der Waals surface area contributed by atoms with Gasteiger partial charge in [-0.1, -0.05) is 79.9 Å². The van der Waals surface area contributed by atoms with Crippen LogP contribution in [0.1, 0.15) is 55.7 Å². The second-order valence-electron chi connectivity index (χ2n) is 8.78. The second-order valence-corrected chi connectivity index (χ2v) is 11.0. The van der Waals surface area contributed by atoms with E-state index in [-0.39, 0.29) is 42.1 Å². The molecule has 5 nitrogen and oxygen atoms in total. The Kier molecular flexibility index (Phi) is 7.08. The van der Waals surface area contributed by atoms with Crippen molar-refractivity contribution in [3.05, 3.63) is 71.8 Å². The van der Waals surface area contributed by atoms with Crippen molar-refractivity contribution >= 4 is 15.7 Å². The molecule has 0 spiro atoms. The van der Waals surface area contributed by atoms with Crippen LogP contribution in [0.3, 0.4) is 0 Å². The van der Waals surface area contributed by atoms with Gasteiger partial charge >= 0.3 is 0 Å². The summed E-state index contributed by atoms with van der Waals surface area (Å²) < 4.78 is 24.3. The lowest BCUT2D eigenvalue weighted by atomic mass is 9.92. The number of hydrogen-bond donors (Lipinski definition) is 1. The Labute approximate surface area is 185 Å². The molecule has 0 aromatic heterocycles. The maximum Gasteiger partial charge on any atom is 0.237 e. The van der Waals surface area contributed by atoms with E-state index in [1.165, 1.54) is 6.42 Å². The van der Waals surface area contributed by atoms with Crippen molar-refractivity contribution in [3.63, 3.8) is 0 Å². The zero-order valence-electron chi connectivity index (χ0n) is 17.9. The summed E-state index contributed by atoms with van der Waals surface area (Å²) in [4.78, 5) is 15.4. The van der Waals surface area contributed by atoms with Crippen LogP contribution in [0.25, 0.3) is 0 Å². The van der Waals surface area contributed by atoms with Gasteiger partial charge in [-0.15, -0.1) is 0 Å². The fraction of sp³-hybridized carbons (Fsp3) is 0.480. The predicted octanol–water partition coefficient (Wildman–Crippen LogP) is 3.71. The minimum absolute atomic E-state index is 0.0193. The van der Waals surface area contributed by atoms with Crippen LogP contribution in [0.2, 0.25) is 0 Å². The van der Waals surface area contributed by atoms with Gasteiger partial charge in [0.15, 0.2) is 9.84 Å². The highest BCUT2D eigenvalue weighted by molar-refractivity contribution is 7.91. The first-order valence-corrected chi connectivity index (χ1v) is 13.2. The number of hydrogen-bond acceptors (Lipinski definition) is 4. The molecule has 0 unspecified atom stereocenters. The average Bonchev–Trinajstić information content (AvgIpc) is 3.15. The average molecular weight is 441 g/mol. The molecular weight excluding hydrogens is 408 g/mol. The zero-order valence-corrected chi connectivity index (χ0v) is 18.8. The quantitative estimate of drug-likeness (QED) is 0.713. The Balaban J connectivity index is 1.52. The number of amides is 1. The van der Waals surface area contributed by atoms with Gasteiger partial charge < -0.3 is 4.90 Å². The van der Waals surface area contributed by atoms with Crippen LogP contribution in [0, 0.1) is 0 Å². The Hall–Kier alpha value is -2.18. The van der Waals surface area contributed by atoms with Crippen LogP contribution in [-0.4, -0.2) is 49.4 Å². The van der Waals surface area contributed by atoms with Crippen molar-refractivity contribution < 1.29 is 13.2 Å². The fourth-order valence-electron chi connectivity index (χ4n) is 5.06. The summed E-state index contributed by atoms with van der Waals surface area (Å²) >= 11 is 0. The maximum atomic E-state index is 13.5. The van der Waals surface area contributed by atoms with E-state index in [0.717, 1.165) is 36.8 Å². The predicted molar refractivity (Wildman–Crippen MR) is 124 cm³/mol. The highest BCUT2D eigenvalue weighted by Gasteiger charge is 2.38. The van der Waals surface area contributed by atoms with Crippen molar-refractivity contribution in [2.45, 2.75) is 56.7 Å². The minimum Gasteiger partial charge on any atom is -0.335 e. The normalized spacial score (nSPS) is 21.3. The van der Waals surface area contributed by atoms with E-state index in [0.29, 0.717) is 6.42 Å². The number of nitrogens with one attached hydrogen (secondary N) is 1. The molecule has 1 saturated carbocycles. The molecule has 1 saturated heterocycles. The van der Waals surface area contributed by atoms with E-state index in [1.807, 2.05) is 41.3 Å². The van der Waals surface area contributed by atoms with Gasteiger partial charge in [0.25, 0.3) is 0 Å². The molecule has 1 heterocycles. The Morgan fingerprint density at radius 1 is 0.871 bits per heavy atom. The van der Waals surface area contributed by atoms with Gasteiger partial charge in [-0.25, -0.2) is 8.42 Å². The van der Waals surface area contributed by atoms with E-state index in [4.69, 9.17) is 0 Å². The molecule has 1 aliphatic carbocycles. The molecule has 1 atom stereocenters. The van der Waals surface area contributed by atoms with Crippen LogP contribution in [0.15, 0.2) is 60.7 Å². The zero-order chi connectivity index (χ0) is 21.7. The summed E-state index contributed by atoms with van der Waals surface area (Å²) in [7, 11) is -3.04. The van der Waals surface area contributed by atoms with Crippen LogP contribution >= 0.6 is 0 Å². The lowest BCUT2D eigenvalue weighted by Gasteiger charge is -2.38. The minimum atomic E-state index is -3.04.